The van der Waals surface area contributed by atoms with E-state index >= 15 is 0 Å². The predicted octanol–water partition coefficient (Wildman–Crippen LogP) is 3.17. The van der Waals surface area contributed by atoms with E-state index in [1.807, 2.05) is 23.6 Å². The number of hydrogen-bond acceptors (Lipinski definition) is 9. The standard InChI is InChI=1S/C18H29N3O4.C17H27N3O3/c1-3-14-18(25-15(22)19-14)5-7-20(8-6-18)13-9-17(10-13)11-21(12-17)16(23)24-4-2;1-2-23-15(22)20-11-17(12-20)7-13(8-17)19-5-3-16(4-6-19)9-14(21)18-10-16/h13-14H,3-12H2,1-2H3,(H,19,22);13H,2-12H2,1H3,(H,18,21). The molecule has 0 aromatic rings. The fourth-order valence-corrected chi connectivity index (χ4v) is 10.3. The Morgan fingerprint density at radius 3 is 1.65 bits per heavy atom. The largest absolute Gasteiger partial charge is 0.450 e. The molecular formula is C35H56N6O7. The highest BCUT2D eigenvalue weighted by atomic mass is 16.6. The first-order valence-corrected chi connectivity index (χ1v) is 18.6. The van der Waals surface area contributed by atoms with Crippen molar-refractivity contribution in [3.05, 3.63) is 0 Å². The van der Waals surface area contributed by atoms with E-state index in [9.17, 15) is 19.2 Å². The summed E-state index contributed by atoms with van der Waals surface area (Å²) < 4.78 is 15.8. The number of alkyl carbamates (subject to hydrolysis) is 1. The Hall–Kier alpha value is -2.80. The first-order chi connectivity index (χ1) is 23.0. The second-order valence-electron chi connectivity index (χ2n) is 16.3. The van der Waals surface area contributed by atoms with E-state index in [0.717, 1.165) is 97.4 Å². The van der Waals surface area contributed by atoms with Crippen molar-refractivity contribution < 1.29 is 33.4 Å². The maximum atomic E-state index is 11.7. The molecule has 4 spiro atoms. The molecule has 2 saturated carbocycles. The van der Waals surface area contributed by atoms with Crippen LogP contribution in [0.15, 0.2) is 0 Å². The number of rotatable bonds is 5. The van der Waals surface area contributed by atoms with Crippen LogP contribution in [0.5, 0.6) is 0 Å². The molecule has 0 aromatic heterocycles. The van der Waals surface area contributed by atoms with Crippen molar-refractivity contribution in [3.8, 4) is 0 Å². The summed E-state index contributed by atoms with van der Waals surface area (Å²) in [5, 5.41) is 5.97. The Morgan fingerprint density at radius 1 is 0.750 bits per heavy atom. The summed E-state index contributed by atoms with van der Waals surface area (Å²) in [4.78, 5) is 55.3. The Morgan fingerprint density at radius 2 is 1.23 bits per heavy atom. The van der Waals surface area contributed by atoms with Crippen LogP contribution in [0, 0.1) is 16.2 Å². The molecule has 2 N–H and O–H groups in total. The molecule has 0 aromatic carbocycles. The molecule has 4 amide bonds. The van der Waals surface area contributed by atoms with Gasteiger partial charge in [0.05, 0.1) is 19.3 Å². The topological polar surface area (TPSA) is 133 Å². The van der Waals surface area contributed by atoms with Crippen LogP contribution in [0.3, 0.4) is 0 Å². The second kappa shape index (κ2) is 12.8. The van der Waals surface area contributed by atoms with E-state index in [0.29, 0.717) is 36.1 Å². The zero-order valence-corrected chi connectivity index (χ0v) is 29.2. The molecule has 268 valence electrons. The molecule has 8 fully saturated rings. The molecule has 13 nitrogen and oxygen atoms in total. The van der Waals surface area contributed by atoms with Crippen LogP contribution in [-0.4, -0.2) is 140 Å². The molecule has 2 aliphatic carbocycles. The normalized spacial score (nSPS) is 29.9. The maximum absolute atomic E-state index is 11.7. The molecule has 8 aliphatic rings. The minimum absolute atomic E-state index is 0.152. The number of nitrogens with zero attached hydrogens (tertiary/aromatic N) is 4. The first-order valence-electron chi connectivity index (χ1n) is 18.6. The first kappa shape index (κ1) is 33.7. The van der Waals surface area contributed by atoms with Gasteiger partial charge in [0.15, 0.2) is 0 Å². The molecule has 13 heteroatoms. The molecule has 6 aliphatic heterocycles. The van der Waals surface area contributed by atoms with Gasteiger partial charge in [-0.05, 0) is 77.3 Å². The smallest absolute Gasteiger partial charge is 0.409 e. The molecule has 0 radical (unpaired) electrons. The monoisotopic (exact) mass is 672 g/mol. The molecule has 0 bridgehead atoms. The zero-order chi connectivity index (χ0) is 33.7. The third-order valence-electron chi connectivity index (χ3n) is 13.2. The average molecular weight is 673 g/mol. The lowest BCUT2D eigenvalue weighted by Gasteiger charge is -2.61. The summed E-state index contributed by atoms with van der Waals surface area (Å²) in [5.41, 5.74) is 0.657. The predicted molar refractivity (Wildman–Crippen MR) is 176 cm³/mol. The van der Waals surface area contributed by atoms with Crippen LogP contribution in [0.4, 0.5) is 14.4 Å². The van der Waals surface area contributed by atoms with E-state index in [1.54, 1.807) is 0 Å². The third kappa shape index (κ3) is 6.22. The van der Waals surface area contributed by atoms with Crippen molar-refractivity contribution in [1.82, 2.24) is 30.2 Å². The van der Waals surface area contributed by atoms with Gasteiger partial charge < -0.3 is 44.4 Å². The number of carbonyl (C=O) groups excluding carboxylic acids is 4. The summed E-state index contributed by atoms with van der Waals surface area (Å²) in [6, 6.07) is 1.45. The van der Waals surface area contributed by atoms with Crippen molar-refractivity contribution in [2.24, 2.45) is 16.2 Å². The Balaban J connectivity index is 0.000000152. The lowest BCUT2D eigenvalue weighted by molar-refractivity contribution is -0.120. The number of nitrogens with one attached hydrogen (secondary N) is 2. The molecule has 48 heavy (non-hydrogen) atoms. The molecule has 1 atom stereocenters. The molecular weight excluding hydrogens is 616 g/mol. The average Bonchev–Trinajstić information content (AvgIpc) is 3.50. The van der Waals surface area contributed by atoms with Crippen molar-refractivity contribution >= 4 is 24.2 Å². The van der Waals surface area contributed by atoms with Crippen LogP contribution in [0.25, 0.3) is 0 Å². The molecule has 8 rings (SSSR count). The lowest BCUT2D eigenvalue weighted by atomic mass is 9.60. The minimum Gasteiger partial charge on any atom is -0.450 e. The molecule has 6 saturated heterocycles. The van der Waals surface area contributed by atoms with Crippen LogP contribution in [0.1, 0.15) is 85.0 Å². The number of carbonyl (C=O) groups is 4. The van der Waals surface area contributed by atoms with E-state index in [4.69, 9.17) is 14.2 Å². The van der Waals surface area contributed by atoms with Gasteiger partial charge in [-0.1, -0.05) is 6.92 Å². The van der Waals surface area contributed by atoms with Gasteiger partial charge in [-0.3, -0.25) is 4.79 Å². The van der Waals surface area contributed by atoms with Crippen molar-refractivity contribution in [3.63, 3.8) is 0 Å². The minimum atomic E-state index is -0.291. The zero-order valence-electron chi connectivity index (χ0n) is 29.2. The van der Waals surface area contributed by atoms with Gasteiger partial charge in [0.1, 0.15) is 5.60 Å². The number of ether oxygens (including phenoxy) is 3. The summed E-state index contributed by atoms with van der Waals surface area (Å²) >= 11 is 0. The van der Waals surface area contributed by atoms with Crippen LogP contribution in [0.2, 0.25) is 0 Å². The fraction of sp³-hybridized carbons (Fsp3) is 0.886. The van der Waals surface area contributed by atoms with Crippen LogP contribution >= 0.6 is 0 Å². The SMILES string of the molecule is CCOC(=O)N1CC2(CC(N3CCC4(CC3)CNC(=O)C4)C2)C1.CCOC(=O)N1CC2(CC(N3CCC4(CC3)OC(=O)NC4CC)C2)C1. The van der Waals surface area contributed by atoms with Gasteiger partial charge in [-0.15, -0.1) is 0 Å². The van der Waals surface area contributed by atoms with Crippen molar-refractivity contribution in [1.29, 1.82) is 0 Å². The number of hydrogen-bond donors (Lipinski definition) is 2. The summed E-state index contributed by atoms with van der Waals surface area (Å²) in [5.74, 6) is 0.231. The lowest BCUT2D eigenvalue weighted by Crippen LogP contribution is -2.68. The van der Waals surface area contributed by atoms with Gasteiger partial charge in [-0.25, -0.2) is 14.4 Å². The van der Waals surface area contributed by atoms with Gasteiger partial charge >= 0.3 is 18.3 Å². The van der Waals surface area contributed by atoms with Gasteiger partial charge in [0, 0.05) is 88.0 Å². The van der Waals surface area contributed by atoms with Crippen molar-refractivity contribution in [2.75, 3.05) is 72.1 Å². The Kier molecular flexibility index (Phi) is 9.00. The summed E-state index contributed by atoms with van der Waals surface area (Å²) in [6.07, 6.45) is 9.97. The Bertz CT molecular complexity index is 1230. The van der Waals surface area contributed by atoms with E-state index in [1.165, 1.54) is 25.7 Å². The van der Waals surface area contributed by atoms with Crippen LogP contribution < -0.4 is 10.6 Å². The van der Waals surface area contributed by atoms with Gasteiger partial charge in [-0.2, -0.15) is 0 Å². The number of likely N-dealkylation sites (tertiary alicyclic amines) is 4. The van der Waals surface area contributed by atoms with E-state index in [2.05, 4.69) is 27.4 Å². The highest BCUT2D eigenvalue weighted by molar-refractivity contribution is 5.79. The fourth-order valence-electron chi connectivity index (χ4n) is 10.3. The molecule has 1 unspecified atom stereocenters. The highest BCUT2D eigenvalue weighted by Crippen LogP contribution is 2.53. The van der Waals surface area contributed by atoms with Crippen LogP contribution in [-0.2, 0) is 19.0 Å². The second-order valence-corrected chi connectivity index (χ2v) is 16.3. The van der Waals surface area contributed by atoms with Gasteiger partial charge in [0.25, 0.3) is 0 Å². The van der Waals surface area contributed by atoms with E-state index < -0.39 is 0 Å². The maximum Gasteiger partial charge on any atom is 0.409 e. The summed E-state index contributed by atoms with van der Waals surface area (Å²) in [6.45, 7) is 15.3. The molecule has 6 heterocycles. The van der Waals surface area contributed by atoms with E-state index in [-0.39, 0.29) is 41.2 Å². The number of piperidine rings is 2. The summed E-state index contributed by atoms with van der Waals surface area (Å²) in [7, 11) is 0. The number of amides is 4. The Labute approximate surface area is 284 Å². The third-order valence-corrected chi connectivity index (χ3v) is 13.2. The van der Waals surface area contributed by atoms with Gasteiger partial charge in [0.2, 0.25) is 5.91 Å². The quantitative estimate of drug-likeness (QED) is 0.423. The highest BCUT2D eigenvalue weighted by Gasteiger charge is 2.58. The van der Waals surface area contributed by atoms with Crippen molar-refractivity contribution in [2.45, 2.75) is 109 Å².